The normalized spacial score (nSPS) is 13.6. The van der Waals surface area contributed by atoms with Crippen LogP contribution in [0.25, 0.3) is 49.8 Å². The van der Waals surface area contributed by atoms with Gasteiger partial charge in [-0.3, -0.25) is 4.68 Å². The summed E-state index contributed by atoms with van der Waals surface area (Å²) in [4.78, 5) is 7.57. The van der Waals surface area contributed by atoms with Crippen molar-refractivity contribution in [1.29, 1.82) is 0 Å². The third-order valence-corrected chi connectivity index (χ3v) is 8.33. The summed E-state index contributed by atoms with van der Waals surface area (Å²) < 4.78 is 84.4. The van der Waals surface area contributed by atoms with Gasteiger partial charge in [0.1, 0.15) is 17.2 Å². The van der Waals surface area contributed by atoms with Crippen LogP contribution in [0.3, 0.4) is 0 Å². The van der Waals surface area contributed by atoms with Crippen LogP contribution in [0.2, 0.25) is 0 Å². The third kappa shape index (κ3) is 5.52. The number of alkyl halides is 2. The van der Waals surface area contributed by atoms with Gasteiger partial charge < -0.3 is 23.8 Å². The minimum atomic E-state index is -3.91. The van der Waals surface area contributed by atoms with Gasteiger partial charge in [-0.2, -0.15) is 5.10 Å². The zero-order chi connectivity index (χ0) is 32.3. The monoisotopic (exact) mass is 636 g/mol. The van der Waals surface area contributed by atoms with Gasteiger partial charge in [0.25, 0.3) is 6.54 Å². The van der Waals surface area contributed by atoms with Crippen molar-refractivity contribution in [3.05, 3.63) is 89.0 Å². The van der Waals surface area contributed by atoms with E-state index in [2.05, 4.69) is 24.4 Å². The highest BCUT2D eigenvalue weighted by Crippen LogP contribution is 2.46. The number of rotatable bonds is 7. The molecule has 5 aromatic rings. The molecule has 0 unspecified atom stereocenters. The van der Waals surface area contributed by atoms with Crippen molar-refractivity contribution in [3.8, 4) is 56.5 Å². The molecule has 0 saturated carbocycles. The Bertz CT molecular complexity index is 2150. The van der Waals surface area contributed by atoms with E-state index >= 15 is 4.39 Å². The van der Waals surface area contributed by atoms with Gasteiger partial charge in [0.15, 0.2) is 33.0 Å². The summed E-state index contributed by atoms with van der Waals surface area (Å²) in [6.07, 6.45) is -2.90. The maximum Gasteiger partial charge on any atom is 0.586 e. The first-order chi connectivity index (χ1) is 21.3. The summed E-state index contributed by atoms with van der Waals surface area (Å²) >= 11 is 0. The Morgan fingerprint density at radius 1 is 1.00 bits per heavy atom. The molecule has 0 saturated heterocycles. The molecule has 1 aliphatic rings. The molecular formula is C31H23F3N4O6S. The Labute approximate surface area is 255 Å². The maximum atomic E-state index is 15.1. The number of hydrogen-bond donors (Lipinski definition) is 1. The average molecular weight is 637 g/mol. The number of oxazole rings is 1. The molecule has 0 amide bonds. The first-order valence-electron chi connectivity index (χ1n) is 13.3. The first-order valence-corrected chi connectivity index (χ1v) is 15.2. The number of ether oxygens (including phenoxy) is 2. The van der Waals surface area contributed by atoms with Gasteiger partial charge in [-0.05, 0) is 53.6 Å². The number of aliphatic hydroxyl groups is 1. The summed E-state index contributed by atoms with van der Waals surface area (Å²) in [5.74, 6) is -0.772. The molecule has 6 rings (SSSR count). The number of aliphatic hydroxyl groups excluding tert-OH is 1. The smallest absolute Gasteiger partial charge is 0.440 e. The van der Waals surface area contributed by atoms with Gasteiger partial charge in [0, 0.05) is 42.5 Å². The molecular weight excluding hydrogens is 613 g/mol. The predicted molar refractivity (Wildman–Crippen MR) is 155 cm³/mol. The molecule has 0 bridgehead atoms. The summed E-state index contributed by atoms with van der Waals surface area (Å²) in [7, 11) is -2.21. The second kappa shape index (κ2) is 10.8. The van der Waals surface area contributed by atoms with Gasteiger partial charge in [-0.25, -0.2) is 24.4 Å². The van der Waals surface area contributed by atoms with Gasteiger partial charge in [0.05, 0.1) is 17.2 Å². The van der Waals surface area contributed by atoms with E-state index in [1.54, 1.807) is 42.9 Å². The number of benzene rings is 3. The Morgan fingerprint density at radius 3 is 2.44 bits per heavy atom. The maximum absolute atomic E-state index is 15.1. The number of aryl methyl sites for hydroxylation is 2. The molecule has 0 spiro atoms. The van der Waals surface area contributed by atoms with Crippen LogP contribution < -0.4 is 9.47 Å². The van der Waals surface area contributed by atoms with Gasteiger partial charge in [-0.15, -0.1) is 8.78 Å². The summed E-state index contributed by atoms with van der Waals surface area (Å²) in [5, 5.41) is 14.1. The lowest BCUT2D eigenvalue weighted by Gasteiger charge is -2.14. The molecule has 3 heterocycles. The van der Waals surface area contributed by atoms with Crippen LogP contribution in [-0.4, -0.2) is 40.8 Å². The van der Waals surface area contributed by atoms with Crippen molar-refractivity contribution in [2.24, 2.45) is 7.05 Å². The van der Waals surface area contributed by atoms with Crippen molar-refractivity contribution in [2.75, 3.05) is 6.26 Å². The highest BCUT2D eigenvalue weighted by Gasteiger charge is 2.43. The van der Waals surface area contributed by atoms with Crippen LogP contribution in [0.5, 0.6) is 11.5 Å². The minimum absolute atomic E-state index is 0.0422. The molecule has 0 radical (unpaired) electrons. The Morgan fingerprint density at radius 2 is 1.73 bits per heavy atom. The third-order valence-electron chi connectivity index (χ3n) is 7.17. The predicted octanol–water partition coefficient (Wildman–Crippen LogP) is 6.16. The standard InChI is InChI=1S/C31H23F3N4O6S/c1-16-36-29(18-6-8-26-27(11-18)44-31(33,34)43-26)30(42-16)22-9-17(5-7-21(22)25-13-20(14-35-2)37-38(25)3)19-10-24(32)23(15-39)28(12-19)45(4,40)41/h5-13,39H,14-15H2,1,3-4H3. The lowest BCUT2D eigenvalue weighted by Crippen LogP contribution is -2.25. The van der Waals surface area contributed by atoms with E-state index in [1.165, 1.54) is 24.3 Å². The summed E-state index contributed by atoms with van der Waals surface area (Å²) in [6, 6.07) is 13.4. The fourth-order valence-electron chi connectivity index (χ4n) is 5.24. The SMILES string of the molecule is [C-]#[N+]Cc1cc(-c2ccc(-c3cc(F)c(CO)c(S(C)(=O)=O)c3)cc2-c2oc(C)nc2-c2ccc3c(c2)OC(F)(F)O3)n(C)n1. The minimum Gasteiger partial charge on any atom is -0.440 e. The Hall–Kier alpha value is -5.13. The molecule has 10 nitrogen and oxygen atoms in total. The van der Waals surface area contributed by atoms with Crippen LogP contribution in [0, 0.1) is 19.3 Å². The number of nitrogens with zero attached hydrogens (tertiary/aromatic N) is 4. The van der Waals surface area contributed by atoms with Gasteiger partial charge >= 0.3 is 6.29 Å². The molecule has 1 aliphatic heterocycles. The van der Waals surface area contributed by atoms with E-state index in [0.29, 0.717) is 33.6 Å². The molecule has 14 heteroatoms. The Kier molecular flexibility index (Phi) is 7.18. The van der Waals surface area contributed by atoms with Crippen LogP contribution in [0.15, 0.2) is 63.9 Å². The van der Waals surface area contributed by atoms with Crippen molar-refractivity contribution < 1.29 is 40.6 Å². The number of halogens is 3. The molecule has 0 atom stereocenters. The quantitative estimate of drug-likeness (QED) is 0.211. The first kappa shape index (κ1) is 29.9. The fraction of sp³-hybridized carbons (Fsp3) is 0.194. The van der Waals surface area contributed by atoms with Crippen LogP contribution >= 0.6 is 0 Å². The average Bonchev–Trinajstić information content (AvgIpc) is 3.63. The van der Waals surface area contributed by atoms with Crippen molar-refractivity contribution in [1.82, 2.24) is 14.8 Å². The number of fused-ring (bicyclic) bond motifs is 1. The van der Waals surface area contributed by atoms with Crippen LogP contribution in [0.1, 0.15) is 17.1 Å². The molecule has 1 N–H and O–H groups in total. The van der Waals surface area contributed by atoms with E-state index < -0.39 is 28.6 Å². The second-order valence-electron chi connectivity index (χ2n) is 10.3. The second-order valence-corrected chi connectivity index (χ2v) is 12.3. The molecule has 0 fully saturated rings. The lowest BCUT2D eigenvalue weighted by atomic mass is 9.93. The van der Waals surface area contributed by atoms with E-state index in [0.717, 1.165) is 12.3 Å². The Balaban J connectivity index is 1.59. The fourth-order valence-corrected chi connectivity index (χ4v) is 6.19. The van der Waals surface area contributed by atoms with E-state index in [-0.39, 0.29) is 51.4 Å². The van der Waals surface area contributed by atoms with Gasteiger partial charge in [0.2, 0.25) is 0 Å². The molecule has 0 aliphatic carbocycles. The van der Waals surface area contributed by atoms with Crippen molar-refractivity contribution in [2.45, 2.75) is 31.3 Å². The highest BCUT2D eigenvalue weighted by atomic mass is 32.2. The molecule has 2 aromatic heterocycles. The van der Waals surface area contributed by atoms with Gasteiger partial charge in [-0.1, -0.05) is 12.1 Å². The molecule has 230 valence electrons. The van der Waals surface area contributed by atoms with E-state index in [9.17, 15) is 22.3 Å². The number of sulfone groups is 1. The molecule has 45 heavy (non-hydrogen) atoms. The van der Waals surface area contributed by atoms with E-state index in [1.807, 2.05) is 0 Å². The highest BCUT2D eigenvalue weighted by molar-refractivity contribution is 7.90. The summed E-state index contributed by atoms with van der Waals surface area (Å²) in [5.41, 5.74) is 3.02. The zero-order valence-corrected chi connectivity index (χ0v) is 24.7. The van der Waals surface area contributed by atoms with Crippen LogP contribution in [-0.2, 0) is 30.0 Å². The molecule has 3 aromatic carbocycles. The largest absolute Gasteiger partial charge is 0.586 e. The van der Waals surface area contributed by atoms with Crippen LogP contribution in [0.4, 0.5) is 13.2 Å². The van der Waals surface area contributed by atoms with E-state index in [4.69, 9.17) is 11.0 Å². The van der Waals surface area contributed by atoms with Crippen molar-refractivity contribution >= 4 is 9.84 Å². The lowest BCUT2D eigenvalue weighted by molar-refractivity contribution is -0.286. The number of hydrogen-bond acceptors (Lipinski definition) is 8. The number of aromatic nitrogens is 3. The summed E-state index contributed by atoms with van der Waals surface area (Å²) in [6.45, 7) is 8.07. The van der Waals surface area contributed by atoms with Crippen molar-refractivity contribution in [3.63, 3.8) is 0 Å². The zero-order valence-electron chi connectivity index (χ0n) is 23.9. The topological polar surface area (TPSA) is 121 Å².